The Morgan fingerprint density at radius 3 is 2.58 bits per heavy atom. The number of carbonyl (C=O) groups is 1. The maximum absolute atomic E-state index is 14.2. The number of aliphatic carboxylic acids is 1. The first-order valence-corrected chi connectivity index (χ1v) is 11.1. The molecule has 0 aromatic heterocycles. The van der Waals surface area contributed by atoms with Crippen molar-refractivity contribution >= 4 is 11.7 Å². The summed E-state index contributed by atoms with van der Waals surface area (Å²) in [6, 6.07) is 12.8. The number of hydrogen-bond donors (Lipinski definition) is 1. The van der Waals surface area contributed by atoms with Crippen LogP contribution in [-0.4, -0.2) is 37.9 Å². The molecule has 1 aliphatic heterocycles. The highest BCUT2D eigenvalue weighted by Crippen LogP contribution is 2.45. The minimum absolute atomic E-state index is 0.0713. The SMILES string of the molecule is COc1ccc(F)c(N2CCC(COc3cccc(C(CC(=O)O)C4CC4)c3)CC2)c1. The van der Waals surface area contributed by atoms with Crippen molar-refractivity contribution in [3.8, 4) is 11.5 Å². The van der Waals surface area contributed by atoms with Crippen LogP contribution in [0, 0.1) is 17.7 Å². The summed E-state index contributed by atoms with van der Waals surface area (Å²) < 4.78 is 25.6. The lowest BCUT2D eigenvalue weighted by molar-refractivity contribution is -0.137. The summed E-state index contributed by atoms with van der Waals surface area (Å²) in [5.74, 6) is 1.45. The molecule has 1 aliphatic carbocycles. The van der Waals surface area contributed by atoms with Crippen LogP contribution in [0.4, 0.5) is 10.1 Å². The average Bonchev–Trinajstić information content (AvgIpc) is 3.62. The van der Waals surface area contributed by atoms with Crippen molar-refractivity contribution in [3.05, 3.63) is 53.8 Å². The first-order chi connectivity index (χ1) is 15.0. The van der Waals surface area contributed by atoms with Gasteiger partial charge in [-0.3, -0.25) is 4.79 Å². The molecule has 2 aromatic rings. The van der Waals surface area contributed by atoms with Crippen LogP contribution in [0.5, 0.6) is 11.5 Å². The second-order valence-corrected chi connectivity index (χ2v) is 8.67. The number of carboxylic acids is 1. The number of rotatable bonds is 9. The standard InChI is InChI=1S/C25H30FNO4/c1-30-20-7-8-23(26)24(14-20)27-11-9-17(10-12-27)16-31-21-4-2-3-19(13-21)22(15-25(28)29)18-5-6-18/h2-4,7-8,13-14,17-18,22H,5-6,9-12,15-16H2,1H3,(H,28,29). The Morgan fingerprint density at radius 2 is 1.90 bits per heavy atom. The summed E-state index contributed by atoms with van der Waals surface area (Å²) in [5.41, 5.74) is 1.65. The molecule has 1 saturated carbocycles. The lowest BCUT2D eigenvalue weighted by Crippen LogP contribution is -2.36. The highest BCUT2D eigenvalue weighted by atomic mass is 19.1. The van der Waals surface area contributed by atoms with E-state index in [9.17, 15) is 14.3 Å². The Hall–Kier alpha value is -2.76. The minimum atomic E-state index is -0.748. The molecular weight excluding hydrogens is 397 g/mol. The molecule has 0 spiro atoms. The van der Waals surface area contributed by atoms with Gasteiger partial charge in [0.2, 0.25) is 0 Å². The van der Waals surface area contributed by atoms with Gasteiger partial charge in [-0.1, -0.05) is 12.1 Å². The molecule has 0 radical (unpaired) electrons. The van der Waals surface area contributed by atoms with Gasteiger partial charge in [-0.05, 0) is 73.3 Å². The van der Waals surface area contributed by atoms with Gasteiger partial charge in [0, 0.05) is 19.2 Å². The molecule has 4 rings (SSSR count). The second-order valence-electron chi connectivity index (χ2n) is 8.67. The topological polar surface area (TPSA) is 59.0 Å². The fourth-order valence-corrected chi connectivity index (χ4v) is 4.49. The van der Waals surface area contributed by atoms with Crippen LogP contribution in [0.2, 0.25) is 0 Å². The van der Waals surface area contributed by atoms with E-state index >= 15 is 0 Å². The fraction of sp³-hybridized carbons (Fsp3) is 0.480. The van der Waals surface area contributed by atoms with E-state index in [0.29, 0.717) is 29.9 Å². The van der Waals surface area contributed by atoms with E-state index in [0.717, 1.165) is 50.1 Å². The molecule has 1 unspecified atom stereocenters. The largest absolute Gasteiger partial charge is 0.497 e. The number of anilines is 1. The number of piperidine rings is 1. The number of nitrogens with zero attached hydrogens (tertiary/aromatic N) is 1. The molecule has 5 nitrogen and oxygen atoms in total. The number of ether oxygens (including phenoxy) is 2. The first kappa shape index (κ1) is 21.5. The van der Waals surface area contributed by atoms with Crippen molar-refractivity contribution in [2.24, 2.45) is 11.8 Å². The van der Waals surface area contributed by atoms with E-state index in [2.05, 4.69) is 4.90 Å². The molecular formula is C25H30FNO4. The second kappa shape index (κ2) is 9.58. The molecule has 2 fully saturated rings. The Kier molecular flexibility index (Phi) is 6.64. The van der Waals surface area contributed by atoms with Crippen LogP contribution in [0.1, 0.15) is 43.6 Å². The van der Waals surface area contributed by atoms with Crippen molar-refractivity contribution < 1.29 is 23.8 Å². The van der Waals surface area contributed by atoms with Crippen LogP contribution < -0.4 is 14.4 Å². The Labute approximate surface area is 182 Å². The third kappa shape index (κ3) is 5.49. The maximum Gasteiger partial charge on any atom is 0.303 e. The number of benzene rings is 2. The highest BCUT2D eigenvalue weighted by molar-refractivity contribution is 5.68. The molecule has 2 aromatic carbocycles. The Bertz CT molecular complexity index is 906. The Morgan fingerprint density at radius 1 is 1.13 bits per heavy atom. The fourth-order valence-electron chi connectivity index (χ4n) is 4.49. The van der Waals surface area contributed by atoms with Crippen LogP contribution >= 0.6 is 0 Å². The smallest absolute Gasteiger partial charge is 0.303 e. The highest BCUT2D eigenvalue weighted by Gasteiger charge is 2.34. The van der Waals surface area contributed by atoms with Gasteiger partial charge in [0.15, 0.2) is 0 Å². The number of hydrogen-bond acceptors (Lipinski definition) is 4. The van der Waals surface area contributed by atoms with Gasteiger partial charge in [-0.25, -0.2) is 4.39 Å². The molecule has 2 aliphatic rings. The molecule has 1 atom stereocenters. The summed E-state index contributed by atoms with van der Waals surface area (Å²) in [6.45, 7) is 2.17. The van der Waals surface area contributed by atoms with E-state index < -0.39 is 5.97 Å². The molecule has 166 valence electrons. The van der Waals surface area contributed by atoms with E-state index in [1.165, 1.54) is 6.07 Å². The van der Waals surface area contributed by atoms with Gasteiger partial charge >= 0.3 is 5.97 Å². The monoisotopic (exact) mass is 427 g/mol. The number of halogens is 1. The van der Waals surface area contributed by atoms with E-state index in [-0.39, 0.29) is 18.2 Å². The third-order valence-electron chi connectivity index (χ3n) is 6.47. The molecule has 1 saturated heterocycles. The molecule has 31 heavy (non-hydrogen) atoms. The zero-order valence-electron chi connectivity index (χ0n) is 17.9. The van der Waals surface area contributed by atoms with E-state index in [4.69, 9.17) is 9.47 Å². The maximum atomic E-state index is 14.2. The Balaban J connectivity index is 1.31. The average molecular weight is 428 g/mol. The molecule has 0 bridgehead atoms. The summed E-state index contributed by atoms with van der Waals surface area (Å²) in [4.78, 5) is 13.3. The summed E-state index contributed by atoms with van der Waals surface area (Å²) in [6.07, 6.45) is 4.25. The third-order valence-corrected chi connectivity index (χ3v) is 6.47. The summed E-state index contributed by atoms with van der Waals surface area (Å²) in [5, 5.41) is 9.25. The lowest BCUT2D eigenvalue weighted by Gasteiger charge is -2.33. The van der Waals surface area contributed by atoms with Gasteiger partial charge < -0.3 is 19.5 Å². The quantitative estimate of drug-likeness (QED) is 0.604. The van der Waals surface area contributed by atoms with Crippen molar-refractivity contribution in [1.29, 1.82) is 0 Å². The van der Waals surface area contributed by atoms with Crippen LogP contribution in [0.25, 0.3) is 0 Å². The van der Waals surface area contributed by atoms with Crippen LogP contribution in [0.3, 0.4) is 0 Å². The summed E-state index contributed by atoms with van der Waals surface area (Å²) >= 11 is 0. The van der Waals surface area contributed by atoms with Crippen LogP contribution in [-0.2, 0) is 4.79 Å². The summed E-state index contributed by atoms with van der Waals surface area (Å²) in [7, 11) is 1.59. The molecule has 1 heterocycles. The van der Waals surface area contributed by atoms with Gasteiger partial charge in [0.1, 0.15) is 17.3 Å². The number of carboxylic acid groups (broad SMARTS) is 1. The molecule has 0 amide bonds. The van der Waals surface area contributed by atoms with E-state index in [1.54, 1.807) is 19.2 Å². The van der Waals surface area contributed by atoms with E-state index in [1.807, 2.05) is 24.3 Å². The van der Waals surface area contributed by atoms with Crippen molar-refractivity contribution in [2.45, 2.75) is 38.0 Å². The van der Waals surface area contributed by atoms with Gasteiger partial charge in [-0.2, -0.15) is 0 Å². The van der Waals surface area contributed by atoms with Crippen molar-refractivity contribution in [1.82, 2.24) is 0 Å². The lowest BCUT2D eigenvalue weighted by atomic mass is 9.91. The molecule has 1 N–H and O–H groups in total. The number of methoxy groups -OCH3 is 1. The predicted molar refractivity (Wildman–Crippen MR) is 118 cm³/mol. The zero-order valence-corrected chi connectivity index (χ0v) is 17.9. The van der Waals surface area contributed by atoms with Gasteiger partial charge in [0.05, 0.1) is 25.8 Å². The van der Waals surface area contributed by atoms with Gasteiger partial charge in [0.25, 0.3) is 0 Å². The molecule has 6 heteroatoms. The minimum Gasteiger partial charge on any atom is -0.497 e. The zero-order chi connectivity index (χ0) is 21.8. The van der Waals surface area contributed by atoms with Crippen molar-refractivity contribution in [2.75, 3.05) is 31.7 Å². The first-order valence-electron chi connectivity index (χ1n) is 11.1. The predicted octanol–water partition coefficient (Wildman–Crippen LogP) is 5.10. The van der Waals surface area contributed by atoms with Gasteiger partial charge in [-0.15, -0.1) is 0 Å². The van der Waals surface area contributed by atoms with Crippen molar-refractivity contribution in [3.63, 3.8) is 0 Å². The normalized spacial score (nSPS) is 17.9. The van der Waals surface area contributed by atoms with Crippen LogP contribution in [0.15, 0.2) is 42.5 Å².